The summed E-state index contributed by atoms with van der Waals surface area (Å²) in [6, 6.07) is 0.176. The number of anilines is 3. The number of nitro groups is 1. The summed E-state index contributed by atoms with van der Waals surface area (Å²) in [5.41, 5.74) is 5.62. The number of nitrogens with two attached hydrogens (primary N) is 1. The summed E-state index contributed by atoms with van der Waals surface area (Å²) >= 11 is 0. The van der Waals surface area contributed by atoms with Gasteiger partial charge in [-0.15, -0.1) is 0 Å². The molecule has 1 aromatic heterocycles. The Morgan fingerprint density at radius 3 is 2.64 bits per heavy atom. The van der Waals surface area contributed by atoms with Crippen LogP contribution in [0.4, 0.5) is 23.3 Å². The van der Waals surface area contributed by atoms with E-state index < -0.39 is 4.92 Å². The first kappa shape index (κ1) is 16.3. The molecule has 0 amide bonds. The molecule has 1 aromatic rings. The van der Waals surface area contributed by atoms with Gasteiger partial charge < -0.3 is 16.0 Å². The Morgan fingerprint density at radius 2 is 2.09 bits per heavy atom. The molecule has 1 aliphatic heterocycles. The summed E-state index contributed by atoms with van der Waals surface area (Å²) in [5, 5.41) is 14.5. The van der Waals surface area contributed by atoms with E-state index in [2.05, 4.69) is 22.2 Å². The Morgan fingerprint density at radius 1 is 1.45 bits per heavy atom. The summed E-state index contributed by atoms with van der Waals surface area (Å²) in [5.74, 6) is 1.23. The summed E-state index contributed by atoms with van der Waals surface area (Å²) in [4.78, 5) is 21.2. The van der Waals surface area contributed by atoms with Gasteiger partial charge in [-0.25, -0.2) is 0 Å². The van der Waals surface area contributed by atoms with E-state index in [4.69, 9.17) is 5.73 Å². The molecule has 1 saturated heterocycles. The molecular formula is C14H24N6O2. The van der Waals surface area contributed by atoms with Gasteiger partial charge in [0, 0.05) is 19.1 Å². The van der Waals surface area contributed by atoms with E-state index in [1.165, 1.54) is 0 Å². The van der Waals surface area contributed by atoms with Crippen molar-refractivity contribution in [1.29, 1.82) is 0 Å². The largest absolute Gasteiger partial charge is 0.378 e. The molecule has 1 atom stereocenters. The zero-order valence-corrected chi connectivity index (χ0v) is 13.4. The molecule has 2 rings (SSSR count). The second kappa shape index (κ2) is 6.76. The van der Waals surface area contributed by atoms with Gasteiger partial charge in [0.15, 0.2) is 0 Å². The van der Waals surface area contributed by atoms with Gasteiger partial charge in [0.2, 0.25) is 17.6 Å². The first-order valence-electron chi connectivity index (χ1n) is 7.75. The number of aromatic nitrogens is 2. The zero-order valence-electron chi connectivity index (χ0n) is 13.4. The van der Waals surface area contributed by atoms with Crippen molar-refractivity contribution < 1.29 is 4.92 Å². The molecular weight excluding hydrogens is 284 g/mol. The second-order valence-corrected chi connectivity index (χ2v) is 5.98. The van der Waals surface area contributed by atoms with Crippen LogP contribution in [-0.4, -0.2) is 34.0 Å². The molecule has 22 heavy (non-hydrogen) atoms. The van der Waals surface area contributed by atoms with Gasteiger partial charge in [0.25, 0.3) is 0 Å². The minimum absolute atomic E-state index is 0.0839. The fraction of sp³-hybridized carbons (Fsp3) is 0.714. The molecule has 0 bridgehead atoms. The molecule has 0 aliphatic carbocycles. The van der Waals surface area contributed by atoms with Gasteiger partial charge in [-0.05, 0) is 32.1 Å². The lowest BCUT2D eigenvalue weighted by molar-refractivity contribution is -0.383. The molecule has 0 aromatic carbocycles. The van der Waals surface area contributed by atoms with E-state index in [0.29, 0.717) is 17.7 Å². The van der Waals surface area contributed by atoms with Crippen molar-refractivity contribution in [2.45, 2.75) is 46.1 Å². The van der Waals surface area contributed by atoms with Crippen LogP contribution in [0.2, 0.25) is 0 Å². The minimum Gasteiger partial charge on any atom is -0.378 e. The van der Waals surface area contributed by atoms with E-state index in [9.17, 15) is 10.1 Å². The predicted octanol–water partition coefficient (Wildman–Crippen LogP) is 2.41. The van der Waals surface area contributed by atoms with E-state index >= 15 is 0 Å². The van der Waals surface area contributed by atoms with Gasteiger partial charge in [-0.3, -0.25) is 10.1 Å². The number of nitrogens with one attached hydrogen (secondary N) is 1. The van der Waals surface area contributed by atoms with Gasteiger partial charge >= 0.3 is 5.69 Å². The van der Waals surface area contributed by atoms with Crippen LogP contribution in [0.5, 0.6) is 0 Å². The summed E-state index contributed by atoms with van der Waals surface area (Å²) in [6.07, 6.45) is 2.89. The highest BCUT2D eigenvalue weighted by atomic mass is 16.6. The van der Waals surface area contributed by atoms with Crippen molar-refractivity contribution in [1.82, 2.24) is 9.97 Å². The SMILES string of the molecule is CC[C@H](C)Nc1nc(N)c([N+](=O)[O-])c(N2CCC(C)CC2)n1. The lowest BCUT2D eigenvalue weighted by Crippen LogP contribution is -2.34. The fourth-order valence-corrected chi connectivity index (χ4v) is 2.46. The van der Waals surface area contributed by atoms with Crippen LogP contribution in [0.25, 0.3) is 0 Å². The van der Waals surface area contributed by atoms with Gasteiger partial charge in [-0.2, -0.15) is 9.97 Å². The Hall–Kier alpha value is -2.12. The Balaban J connectivity index is 2.37. The van der Waals surface area contributed by atoms with Crippen LogP contribution in [0.1, 0.15) is 40.0 Å². The topological polar surface area (TPSA) is 110 Å². The molecule has 3 N–H and O–H groups in total. The maximum atomic E-state index is 11.3. The highest BCUT2D eigenvalue weighted by Crippen LogP contribution is 2.34. The Bertz CT molecular complexity index is 542. The van der Waals surface area contributed by atoms with E-state index in [1.54, 1.807) is 0 Å². The number of nitrogens with zero attached hydrogens (tertiary/aromatic N) is 4. The molecule has 122 valence electrons. The van der Waals surface area contributed by atoms with E-state index in [1.807, 2.05) is 18.7 Å². The van der Waals surface area contributed by atoms with Crippen LogP contribution in [0.3, 0.4) is 0 Å². The number of nitrogen functional groups attached to an aromatic ring is 1. The smallest absolute Gasteiger partial charge is 0.353 e. The third-order valence-electron chi connectivity index (χ3n) is 4.15. The predicted molar refractivity (Wildman–Crippen MR) is 87.1 cm³/mol. The van der Waals surface area contributed by atoms with Crippen LogP contribution in [-0.2, 0) is 0 Å². The van der Waals surface area contributed by atoms with Gasteiger partial charge in [0.1, 0.15) is 0 Å². The lowest BCUT2D eigenvalue weighted by atomic mass is 9.99. The maximum Gasteiger partial charge on any atom is 0.353 e. The maximum absolute atomic E-state index is 11.3. The fourth-order valence-electron chi connectivity index (χ4n) is 2.46. The van der Waals surface area contributed by atoms with Crippen molar-refractivity contribution in [3.05, 3.63) is 10.1 Å². The summed E-state index contributed by atoms with van der Waals surface area (Å²) in [6.45, 7) is 7.74. The van der Waals surface area contributed by atoms with Crippen LogP contribution >= 0.6 is 0 Å². The van der Waals surface area contributed by atoms with Crippen LogP contribution in [0.15, 0.2) is 0 Å². The van der Waals surface area contributed by atoms with E-state index in [-0.39, 0.29) is 17.5 Å². The normalized spacial score (nSPS) is 17.3. The average molecular weight is 308 g/mol. The highest BCUT2D eigenvalue weighted by molar-refractivity contribution is 5.71. The number of piperidine rings is 1. The Kier molecular flexibility index (Phi) is 4.99. The third-order valence-corrected chi connectivity index (χ3v) is 4.15. The molecule has 1 aliphatic rings. The van der Waals surface area contributed by atoms with E-state index in [0.717, 1.165) is 32.4 Å². The number of hydrogen-bond acceptors (Lipinski definition) is 7. The zero-order chi connectivity index (χ0) is 16.3. The second-order valence-electron chi connectivity index (χ2n) is 5.98. The molecule has 1 fully saturated rings. The minimum atomic E-state index is -0.490. The number of rotatable bonds is 5. The van der Waals surface area contributed by atoms with Crippen molar-refractivity contribution in [3.63, 3.8) is 0 Å². The summed E-state index contributed by atoms with van der Waals surface area (Å²) in [7, 11) is 0. The Labute approximate surface area is 130 Å². The molecule has 0 radical (unpaired) electrons. The van der Waals surface area contributed by atoms with Gasteiger partial charge in [0.05, 0.1) is 4.92 Å². The standard InChI is InChI=1S/C14H24N6O2/c1-4-10(3)16-14-17-12(15)11(20(21)22)13(18-14)19-7-5-9(2)6-8-19/h9-10H,4-8H2,1-3H3,(H3,15,16,17,18)/t10-/m0/s1. The molecule has 8 heteroatoms. The van der Waals surface area contributed by atoms with Crippen LogP contribution in [0, 0.1) is 16.0 Å². The van der Waals surface area contributed by atoms with Crippen LogP contribution < -0.4 is 16.0 Å². The van der Waals surface area contributed by atoms with Crippen molar-refractivity contribution in [3.8, 4) is 0 Å². The van der Waals surface area contributed by atoms with Crippen molar-refractivity contribution >= 4 is 23.3 Å². The average Bonchev–Trinajstić information content (AvgIpc) is 2.46. The first-order valence-corrected chi connectivity index (χ1v) is 7.75. The molecule has 0 unspecified atom stereocenters. The lowest BCUT2D eigenvalue weighted by Gasteiger charge is -2.31. The monoisotopic (exact) mass is 308 g/mol. The summed E-state index contributed by atoms with van der Waals surface area (Å²) < 4.78 is 0. The molecule has 2 heterocycles. The van der Waals surface area contributed by atoms with Crippen molar-refractivity contribution in [2.24, 2.45) is 5.92 Å². The quantitative estimate of drug-likeness (QED) is 0.634. The first-order chi connectivity index (χ1) is 10.4. The van der Waals surface area contributed by atoms with Gasteiger partial charge in [-0.1, -0.05) is 13.8 Å². The number of hydrogen-bond donors (Lipinski definition) is 2. The van der Waals surface area contributed by atoms with Crippen molar-refractivity contribution in [2.75, 3.05) is 29.0 Å². The highest BCUT2D eigenvalue weighted by Gasteiger charge is 2.29. The molecule has 0 saturated carbocycles. The third kappa shape index (κ3) is 3.55. The molecule has 0 spiro atoms. The molecule has 8 nitrogen and oxygen atoms in total.